The standard InChI is InChI=1S/C12H13ClO/c1-2-3-5-9-8-10-11(13)6-4-7-12(10)14-9/h4,6-8H,2-3,5H2,1H3. The fraction of sp³-hybridized carbons (Fsp3) is 0.333. The van der Waals surface area contributed by atoms with Crippen molar-refractivity contribution in [2.24, 2.45) is 0 Å². The van der Waals surface area contributed by atoms with Crippen LogP contribution in [0.25, 0.3) is 11.0 Å². The Labute approximate surface area is 88.7 Å². The molecule has 74 valence electrons. The van der Waals surface area contributed by atoms with Gasteiger partial charge in [-0.15, -0.1) is 0 Å². The first-order valence-electron chi connectivity index (χ1n) is 4.98. The number of rotatable bonds is 3. The first kappa shape index (κ1) is 9.60. The third kappa shape index (κ3) is 1.78. The maximum absolute atomic E-state index is 6.04. The average Bonchev–Trinajstić information content (AvgIpc) is 2.59. The van der Waals surface area contributed by atoms with Gasteiger partial charge in [-0.05, 0) is 24.6 Å². The molecular formula is C12H13ClO. The summed E-state index contributed by atoms with van der Waals surface area (Å²) in [5.74, 6) is 1.04. The summed E-state index contributed by atoms with van der Waals surface area (Å²) in [6.45, 7) is 2.18. The Morgan fingerprint density at radius 1 is 1.36 bits per heavy atom. The Kier molecular flexibility index (Phi) is 2.78. The van der Waals surface area contributed by atoms with E-state index in [1.807, 2.05) is 24.3 Å². The smallest absolute Gasteiger partial charge is 0.135 e. The van der Waals surface area contributed by atoms with Crippen LogP contribution in [0, 0.1) is 0 Å². The summed E-state index contributed by atoms with van der Waals surface area (Å²) in [5, 5.41) is 1.80. The number of halogens is 1. The van der Waals surface area contributed by atoms with E-state index in [0.29, 0.717) is 0 Å². The summed E-state index contributed by atoms with van der Waals surface area (Å²) in [4.78, 5) is 0. The highest BCUT2D eigenvalue weighted by molar-refractivity contribution is 6.35. The van der Waals surface area contributed by atoms with Crippen molar-refractivity contribution < 1.29 is 4.42 Å². The van der Waals surface area contributed by atoms with Gasteiger partial charge >= 0.3 is 0 Å². The van der Waals surface area contributed by atoms with Gasteiger partial charge in [0, 0.05) is 11.8 Å². The molecule has 1 nitrogen and oxygen atoms in total. The zero-order chi connectivity index (χ0) is 9.97. The lowest BCUT2D eigenvalue weighted by Gasteiger charge is -1.91. The Morgan fingerprint density at radius 3 is 2.93 bits per heavy atom. The maximum atomic E-state index is 6.04. The number of hydrogen-bond acceptors (Lipinski definition) is 1. The molecule has 1 aromatic carbocycles. The largest absolute Gasteiger partial charge is 0.461 e. The van der Waals surface area contributed by atoms with Crippen LogP contribution in [0.4, 0.5) is 0 Å². The SMILES string of the molecule is CCCCc1cc2c(Cl)cccc2o1. The number of furan rings is 1. The Bertz CT molecular complexity index is 431. The lowest BCUT2D eigenvalue weighted by atomic mass is 10.2. The second-order valence-electron chi connectivity index (χ2n) is 3.47. The molecule has 0 N–H and O–H groups in total. The van der Waals surface area contributed by atoms with Crippen molar-refractivity contribution in [3.8, 4) is 0 Å². The molecular weight excluding hydrogens is 196 g/mol. The molecule has 0 spiro atoms. The molecule has 2 aromatic rings. The molecule has 0 unspecified atom stereocenters. The molecule has 0 aliphatic carbocycles. The van der Waals surface area contributed by atoms with E-state index in [-0.39, 0.29) is 0 Å². The second-order valence-corrected chi connectivity index (χ2v) is 3.88. The van der Waals surface area contributed by atoms with E-state index >= 15 is 0 Å². The molecule has 14 heavy (non-hydrogen) atoms. The summed E-state index contributed by atoms with van der Waals surface area (Å²) in [6, 6.07) is 7.81. The zero-order valence-electron chi connectivity index (χ0n) is 8.22. The monoisotopic (exact) mass is 208 g/mol. The maximum Gasteiger partial charge on any atom is 0.135 e. The van der Waals surface area contributed by atoms with Gasteiger partial charge in [0.25, 0.3) is 0 Å². The number of hydrogen-bond donors (Lipinski definition) is 0. The van der Waals surface area contributed by atoms with Crippen LogP contribution >= 0.6 is 11.6 Å². The molecule has 0 amide bonds. The topological polar surface area (TPSA) is 13.1 Å². The van der Waals surface area contributed by atoms with E-state index in [1.165, 1.54) is 6.42 Å². The van der Waals surface area contributed by atoms with Crippen molar-refractivity contribution >= 4 is 22.6 Å². The van der Waals surface area contributed by atoms with Gasteiger partial charge in [-0.3, -0.25) is 0 Å². The van der Waals surface area contributed by atoms with Gasteiger partial charge in [0.15, 0.2) is 0 Å². The van der Waals surface area contributed by atoms with Crippen LogP contribution in [-0.4, -0.2) is 0 Å². The van der Waals surface area contributed by atoms with Crippen molar-refractivity contribution in [2.45, 2.75) is 26.2 Å². The van der Waals surface area contributed by atoms with E-state index in [0.717, 1.165) is 34.6 Å². The van der Waals surface area contributed by atoms with Gasteiger partial charge in [-0.25, -0.2) is 0 Å². The van der Waals surface area contributed by atoms with Crippen LogP contribution in [0.3, 0.4) is 0 Å². The predicted octanol–water partition coefficient (Wildman–Crippen LogP) is 4.43. The molecule has 0 saturated heterocycles. The van der Waals surface area contributed by atoms with Crippen LogP contribution in [0.1, 0.15) is 25.5 Å². The van der Waals surface area contributed by atoms with Crippen LogP contribution < -0.4 is 0 Å². The Balaban J connectivity index is 2.36. The van der Waals surface area contributed by atoms with Gasteiger partial charge in [0.2, 0.25) is 0 Å². The lowest BCUT2D eigenvalue weighted by molar-refractivity contribution is 0.536. The van der Waals surface area contributed by atoms with Gasteiger partial charge in [0.05, 0.1) is 5.02 Å². The Hall–Kier alpha value is -0.950. The van der Waals surface area contributed by atoms with E-state index in [1.54, 1.807) is 0 Å². The van der Waals surface area contributed by atoms with E-state index in [4.69, 9.17) is 16.0 Å². The minimum Gasteiger partial charge on any atom is -0.461 e. The van der Waals surface area contributed by atoms with Gasteiger partial charge in [-0.2, -0.15) is 0 Å². The predicted molar refractivity (Wildman–Crippen MR) is 59.8 cm³/mol. The van der Waals surface area contributed by atoms with Crippen LogP contribution in [0.5, 0.6) is 0 Å². The molecule has 0 bridgehead atoms. The summed E-state index contributed by atoms with van der Waals surface area (Å²) >= 11 is 6.04. The minimum absolute atomic E-state index is 0.772. The quantitative estimate of drug-likeness (QED) is 0.728. The molecule has 1 aromatic heterocycles. The first-order chi connectivity index (χ1) is 6.81. The first-order valence-corrected chi connectivity index (χ1v) is 5.36. The summed E-state index contributed by atoms with van der Waals surface area (Å²) < 4.78 is 5.67. The number of unbranched alkanes of at least 4 members (excludes halogenated alkanes) is 1. The zero-order valence-corrected chi connectivity index (χ0v) is 8.97. The molecule has 0 saturated carbocycles. The van der Waals surface area contributed by atoms with Crippen molar-refractivity contribution in [3.63, 3.8) is 0 Å². The van der Waals surface area contributed by atoms with Gasteiger partial charge in [0.1, 0.15) is 11.3 Å². The summed E-state index contributed by atoms with van der Waals surface area (Å²) in [5.41, 5.74) is 0.892. The Morgan fingerprint density at radius 2 is 2.21 bits per heavy atom. The van der Waals surface area contributed by atoms with E-state index in [9.17, 15) is 0 Å². The number of aryl methyl sites for hydroxylation is 1. The molecule has 0 atom stereocenters. The highest BCUT2D eigenvalue weighted by Gasteiger charge is 2.05. The molecule has 2 rings (SSSR count). The normalized spacial score (nSPS) is 11.0. The third-order valence-electron chi connectivity index (χ3n) is 2.34. The lowest BCUT2D eigenvalue weighted by Crippen LogP contribution is -1.78. The fourth-order valence-corrected chi connectivity index (χ4v) is 1.77. The van der Waals surface area contributed by atoms with Crippen molar-refractivity contribution in [1.29, 1.82) is 0 Å². The van der Waals surface area contributed by atoms with Gasteiger partial charge in [-0.1, -0.05) is 31.0 Å². The van der Waals surface area contributed by atoms with Crippen molar-refractivity contribution in [3.05, 3.63) is 35.0 Å². The van der Waals surface area contributed by atoms with Crippen molar-refractivity contribution in [2.75, 3.05) is 0 Å². The minimum atomic E-state index is 0.772. The summed E-state index contributed by atoms with van der Waals surface area (Å²) in [6.07, 6.45) is 3.35. The molecule has 0 radical (unpaired) electrons. The highest BCUT2D eigenvalue weighted by atomic mass is 35.5. The van der Waals surface area contributed by atoms with Gasteiger partial charge < -0.3 is 4.42 Å². The second kappa shape index (κ2) is 4.05. The molecule has 0 fully saturated rings. The van der Waals surface area contributed by atoms with Crippen LogP contribution in [0.2, 0.25) is 5.02 Å². The highest BCUT2D eigenvalue weighted by Crippen LogP contribution is 2.27. The summed E-state index contributed by atoms with van der Waals surface area (Å²) in [7, 11) is 0. The van der Waals surface area contributed by atoms with Crippen LogP contribution in [-0.2, 0) is 6.42 Å². The average molecular weight is 209 g/mol. The van der Waals surface area contributed by atoms with E-state index in [2.05, 4.69) is 6.92 Å². The molecule has 2 heteroatoms. The molecule has 0 aliphatic heterocycles. The number of fused-ring (bicyclic) bond motifs is 1. The van der Waals surface area contributed by atoms with E-state index < -0.39 is 0 Å². The van der Waals surface area contributed by atoms with Crippen molar-refractivity contribution in [1.82, 2.24) is 0 Å². The van der Waals surface area contributed by atoms with Crippen LogP contribution in [0.15, 0.2) is 28.7 Å². The molecule has 1 heterocycles. The third-order valence-corrected chi connectivity index (χ3v) is 2.67. The molecule has 0 aliphatic rings. The fourth-order valence-electron chi connectivity index (χ4n) is 1.55. The number of benzene rings is 1.